The minimum Gasteiger partial charge on any atom is -0.508 e. The van der Waals surface area contributed by atoms with Gasteiger partial charge in [0.2, 0.25) is 9.04 Å². The Morgan fingerprint density at radius 3 is 2.64 bits per heavy atom. The van der Waals surface area contributed by atoms with E-state index in [9.17, 15) is 9.90 Å². The van der Waals surface area contributed by atoms with Gasteiger partial charge in [-0.25, -0.2) is 0 Å². The van der Waals surface area contributed by atoms with Crippen molar-refractivity contribution in [1.82, 2.24) is 0 Å². The van der Waals surface area contributed by atoms with E-state index in [4.69, 9.17) is 0 Å². The summed E-state index contributed by atoms with van der Waals surface area (Å²) in [5.41, 5.74) is 2.16. The summed E-state index contributed by atoms with van der Waals surface area (Å²) in [5, 5.41) is 9.32. The molecule has 0 atom stereocenters. The van der Waals surface area contributed by atoms with E-state index in [0.717, 1.165) is 24.4 Å². The van der Waals surface area contributed by atoms with Gasteiger partial charge in [-0.15, -0.1) is 0 Å². The maximum atomic E-state index is 9.32. The molecule has 0 fully saturated rings. The van der Waals surface area contributed by atoms with Crippen LogP contribution in [0.25, 0.3) is 0 Å². The molecule has 77 valence electrons. The molecule has 0 bridgehead atoms. The van der Waals surface area contributed by atoms with E-state index in [2.05, 4.69) is 0 Å². The lowest BCUT2D eigenvalue weighted by Crippen LogP contribution is -2.04. The second-order valence-corrected chi connectivity index (χ2v) is 5.68. The molecule has 14 heavy (non-hydrogen) atoms. The molecule has 0 aliphatic rings. The van der Waals surface area contributed by atoms with Crippen LogP contribution in [0.15, 0.2) is 18.2 Å². The van der Waals surface area contributed by atoms with E-state index >= 15 is 0 Å². The third-order valence-corrected chi connectivity index (χ3v) is 3.34. The molecule has 1 rings (SSSR count). The first-order valence-electron chi connectivity index (χ1n) is 4.89. The van der Waals surface area contributed by atoms with Crippen LogP contribution < -0.4 is 0 Å². The molecule has 2 nitrogen and oxygen atoms in total. The van der Waals surface area contributed by atoms with Crippen molar-refractivity contribution in [3.05, 3.63) is 29.3 Å². The lowest BCUT2D eigenvalue weighted by atomic mass is 10.1. The molecule has 1 aromatic rings. The Kier molecular flexibility index (Phi) is 4.16. The molecule has 0 spiro atoms. The van der Waals surface area contributed by atoms with Gasteiger partial charge in [-0.3, -0.25) is 0 Å². The van der Waals surface area contributed by atoms with Gasteiger partial charge in [-0.2, -0.15) is 0 Å². The van der Waals surface area contributed by atoms with Gasteiger partial charge in [0, 0.05) is 0 Å². The van der Waals surface area contributed by atoms with Crippen LogP contribution in [0.3, 0.4) is 0 Å². The van der Waals surface area contributed by atoms with Crippen molar-refractivity contribution in [2.24, 2.45) is 0 Å². The fraction of sp³-hybridized carbons (Fsp3) is 0.455. The molecule has 0 heterocycles. The quantitative estimate of drug-likeness (QED) is 0.747. The fourth-order valence-corrected chi connectivity index (χ4v) is 2.11. The molecule has 0 aliphatic carbocycles. The maximum absolute atomic E-state index is 9.32. The molecule has 0 aliphatic heterocycles. The van der Waals surface area contributed by atoms with Crippen LogP contribution in [-0.4, -0.2) is 18.9 Å². The molecule has 0 amide bonds. The van der Waals surface area contributed by atoms with Gasteiger partial charge in [0.25, 0.3) is 0 Å². The number of hydrogen-bond donors (Lipinski definition) is 2. The predicted molar refractivity (Wildman–Crippen MR) is 59.8 cm³/mol. The first-order valence-corrected chi connectivity index (χ1v) is 7.05. The summed E-state index contributed by atoms with van der Waals surface area (Å²) in [6.07, 6.45) is 2.02. The van der Waals surface area contributed by atoms with E-state index in [1.807, 2.05) is 25.6 Å². The van der Waals surface area contributed by atoms with Crippen molar-refractivity contribution in [3.8, 4) is 5.75 Å². The van der Waals surface area contributed by atoms with Crippen LogP contribution in [-0.2, 0) is 6.42 Å². The Bertz CT molecular complexity index is 297. The third kappa shape index (κ3) is 3.52. The number of hydrogen-bond acceptors (Lipinski definition) is 2. The van der Waals surface area contributed by atoms with Crippen LogP contribution in [0.1, 0.15) is 17.5 Å². The number of rotatable bonds is 4. The van der Waals surface area contributed by atoms with Crippen LogP contribution in [0.2, 0.25) is 12.6 Å². The van der Waals surface area contributed by atoms with Gasteiger partial charge in [0.05, 0.1) is 0 Å². The van der Waals surface area contributed by atoms with E-state index in [1.54, 1.807) is 6.07 Å². The average molecular weight is 209 g/mol. The lowest BCUT2D eigenvalue weighted by Gasteiger charge is -2.04. The summed E-state index contributed by atoms with van der Waals surface area (Å²) < 4.78 is 0. The second kappa shape index (κ2) is 5.17. The van der Waals surface area contributed by atoms with E-state index in [0.29, 0.717) is 5.75 Å². The summed E-state index contributed by atoms with van der Waals surface area (Å²) in [4.78, 5) is 9.19. The van der Waals surface area contributed by atoms with Gasteiger partial charge in [-0.05, 0) is 49.5 Å². The molecule has 1 aromatic carbocycles. The third-order valence-electron chi connectivity index (χ3n) is 2.27. The minimum atomic E-state index is -1.07. The Morgan fingerprint density at radius 1 is 1.36 bits per heavy atom. The van der Waals surface area contributed by atoms with Gasteiger partial charge in [0.15, 0.2) is 0 Å². The Morgan fingerprint density at radius 2 is 2.07 bits per heavy atom. The standard InChI is InChI=1S/C11H17O2Si/c1-9-8-10(5-6-11(9)12)4-3-7-14(2)13/h5-6,8,12-13H,3-4,7H2,1-2H3. The number of phenols is 1. The lowest BCUT2D eigenvalue weighted by molar-refractivity contribution is 0.471. The summed E-state index contributed by atoms with van der Waals surface area (Å²) in [5.74, 6) is 0.358. The molecule has 0 unspecified atom stereocenters. The Hall–Kier alpha value is -0.803. The van der Waals surface area contributed by atoms with Gasteiger partial charge >= 0.3 is 0 Å². The summed E-state index contributed by atoms with van der Waals surface area (Å²) in [6, 6.07) is 6.63. The molecule has 0 saturated carbocycles. The SMILES string of the molecule is Cc1cc(CCC[Si](C)O)ccc1O. The topological polar surface area (TPSA) is 40.5 Å². The predicted octanol–water partition coefficient (Wildman–Crippen LogP) is 2.25. The minimum absolute atomic E-state index is 0.358. The summed E-state index contributed by atoms with van der Waals surface area (Å²) in [6.45, 7) is 3.81. The van der Waals surface area contributed by atoms with Crippen molar-refractivity contribution in [1.29, 1.82) is 0 Å². The van der Waals surface area contributed by atoms with E-state index in [-0.39, 0.29) is 0 Å². The molecular weight excluding hydrogens is 192 g/mol. The summed E-state index contributed by atoms with van der Waals surface area (Å²) in [7, 11) is -1.07. The molecule has 0 saturated heterocycles. The Balaban J connectivity index is 2.47. The molecule has 1 radical (unpaired) electrons. The highest BCUT2D eigenvalue weighted by Crippen LogP contribution is 2.18. The van der Waals surface area contributed by atoms with Crippen LogP contribution in [0.5, 0.6) is 5.75 Å². The van der Waals surface area contributed by atoms with Crippen LogP contribution in [0.4, 0.5) is 0 Å². The summed E-state index contributed by atoms with van der Waals surface area (Å²) >= 11 is 0. The van der Waals surface area contributed by atoms with Crippen molar-refractivity contribution in [3.63, 3.8) is 0 Å². The highest BCUT2D eigenvalue weighted by molar-refractivity contribution is 6.48. The Labute approximate surface area is 86.9 Å². The van der Waals surface area contributed by atoms with Crippen LogP contribution in [0, 0.1) is 6.92 Å². The zero-order valence-corrected chi connectivity index (χ0v) is 9.75. The van der Waals surface area contributed by atoms with Gasteiger partial charge in [-0.1, -0.05) is 12.1 Å². The molecule has 0 aromatic heterocycles. The number of benzene rings is 1. The first kappa shape index (κ1) is 11.3. The zero-order chi connectivity index (χ0) is 10.6. The van der Waals surface area contributed by atoms with Gasteiger partial charge < -0.3 is 9.90 Å². The molecule has 3 heteroatoms. The fourth-order valence-electron chi connectivity index (χ4n) is 1.42. The number of phenolic OH excluding ortho intramolecular Hbond substituents is 1. The highest BCUT2D eigenvalue weighted by Gasteiger charge is 2.01. The van der Waals surface area contributed by atoms with Crippen molar-refractivity contribution in [2.75, 3.05) is 0 Å². The molecular formula is C11H17O2Si. The second-order valence-electron chi connectivity index (χ2n) is 3.71. The monoisotopic (exact) mass is 209 g/mol. The number of aryl methyl sites for hydroxylation is 2. The van der Waals surface area contributed by atoms with E-state index < -0.39 is 9.04 Å². The van der Waals surface area contributed by atoms with Crippen LogP contribution >= 0.6 is 0 Å². The van der Waals surface area contributed by atoms with E-state index in [1.165, 1.54) is 5.56 Å². The zero-order valence-electron chi connectivity index (χ0n) is 8.75. The van der Waals surface area contributed by atoms with Gasteiger partial charge in [0.1, 0.15) is 5.75 Å². The largest absolute Gasteiger partial charge is 0.508 e. The maximum Gasteiger partial charge on any atom is 0.203 e. The molecule has 2 N–H and O–H groups in total. The van der Waals surface area contributed by atoms with Crippen molar-refractivity contribution >= 4 is 9.04 Å². The number of aromatic hydroxyl groups is 1. The first-order chi connectivity index (χ1) is 6.59. The normalized spacial score (nSPS) is 10.9. The smallest absolute Gasteiger partial charge is 0.203 e. The average Bonchev–Trinajstić information content (AvgIpc) is 2.10. The van der Waals surface area contributed by atoms with Crippen molar-refractivity contribution in [2.45, 2.75) is 32.4 Å². The highest BCUT2D eigenvalue weighted by atomic mass is 28.3. The van der Waals surface area contributed by atoms with Crippen molar-refractivity contribution < 1.29 is 9.90 Å².